The largest absolute Gasteiger partial charge is 0.491 e. The molecule has 0 saturated carbocycles. The van der Waals surface area contributed by atoms with Gasteiger partial charge in [-0.1, -0.05) is 84.4 Å². The molecule has 0 radical (unpaired) electrons. The molecule has 5 heteroatoms. The summed E-state index contributed by atoms with van der Waals surface area (Å²) in [4.78, 5) is 30.3. The number of ether oxygens (including phenoxy) is 1. The van der Waals surface area contributed by atoms with E-state index in [1.165, 1.54) is 5.56 Å². The van der Waals surface area contributed by atoms with Crippen LogP contribution in [0.5, 0.6) is 5.75 Å². The van der Waals surface area contributed by atoms with Crippen LogP contribution in [0.3, 0.4) is 0 Å². The third-order valence-corrected chi connectivity index (χ3v) is 8.06. The number of allylic oxidation sites excluding steroid dienone is 1. The van der Waals surface area contributed by atoms with E-state index in [1.54, 1.807) is 11.0 Å². The number of anilines is 2. The number of para-hydroxylation sites is 2. The molecule has 0 saturated heterocycles. The van der Waals surface area contributed by atoms with Gasteiger partial charge < -0.3 is 10.1 Å². The van der Waals surface area contributed by atoms with E-state index >= 15 is 0 Å². The molecule has 0 fully saturated rings. The number of nitrogens with zero attached hydrogens (tertiary/aromatic N) is 1. The molecular formula is C38H36N2O3. The lowest BCUT2D eigenvalue weighted by Gasteiger charge is -2.34. The Labute approximate surface area is 253 Å². The van der Waals surface area contributed by atoms with E-state index in [-0.39, 0.29) is 23.7 Å². The van der Waals surface area contributed by atoms with Gasteiger partial charge >= 0.3 is 0 Å². The standard InChI is InChI=1S/C38H36N2O3/c1-25(2)43-31-20-18-29(19-21-31)38-37-33(23-30(24-35(37)41)28-16-13-26(3)14-17-28)39-32-11-7-8-12-34(32)40(38)36(42)22-15-27-9-5-4-6-10-27/h4-22,25,30,38-39H,23-24H2,1-3H3/b22-15+/t30-,38-/m0/s1. The number of amides is 1. The second-order valence-corrected chi connectivity index (χ2v) is 11.6. The van der Waals surface area contributed by atoms with Gasteiger partial charge in [-0.3, -0.25) is 14.5 Å². The van der Waals surface area contributed by atoms with Gasteiger partial charge in [0.25, 0.3) is 5.91 Å². The molecule has 2 aliphatic rings. The smallest absolute Gasteiger partial charge is 0.251 e. The molecule has 4 aromatic rings. The number of rotatable bonds is 6. The first-order chi connectivity index (χ1) is 20.9. The molecule has 0 unspecified atom stereocenters. The molecule has 5 nitrogen and oxygen atoms in total. The van der Waals surface area contributed by atoms with E-state index in [0.29, 0.717) is 18.4 Å². The molecule has 1 amide bonds. The Kier molecular flexibility index (Phi) is 7.97. The van der Waals surface area contributed by atoms with E-state index in [4.69, 9.17) is 4.74 Å². The maximum atomic E-state index is 14.2. The number of nitrogens with one attached hydrogen (secondary N) is 1. The summed E-state index contributed by atoms with van der Waals surface area (Å²) in [5, 5.41) is 3.61. The van der Waals surface area contributed by atoms with Gasteiger partial charge in [0.05, 0.1) is 23.5 Å². The lowest BCUT2D eigenvalue weighted by molar-refractivity contribution is -0.116. The van der Waals surface area contributed by atoms with E-state index in [1.807, 2.05) is 98.8 Å². The number of benzene rings is 4. The molecule has 43 heavy (non-hydrogen) atoms. The second kappa shape index (κ2) is 12.1. The summed E-state index contributed by atoms with van der Waals surface area (Å²) in [6, 6.07) is 33.2. The fourth-order valence-electron chi connectivity index (χ4n) is 6.04. The van der Waals surface area contributed by atoms with Crippen LogP contribution in [-0.2, 0) is 9.59 Å². The van der Waals surface area contributed by atoms with Crippen molar-refractivity contribution in [3.05, 3.63) is 143 Å². The molecule has 1 heterocycles. The van der Waals surface area contributed by atoms with Crippen molar-refractivity contribution in [3.8, 4) is 5.75 Å². The Bertz CT molecular complexity index is 1690. The minimum absolute atomic E-state index is 0.0361. The van der Waals surface area contributed by atoms with Crippen LogP contribution in [0.15, 0.2) is 120 Å². The van der Waals surface area contributed by atoms with Gasteiger partial charge in [0.1, 0.15) is 5.75 Å². The Hall–Kier alpha value is -4.90. The molecule has 6 rings (SSSR count). The van der Waals surface area contributed by atoms with E-state index in [0.717, 1.165) is 39.5 Å². The summed E-state index contributed by atoms with van der Waals surface area (Å²) in [5.41, 5.74) is 7.15. The fraction of sp³-hybridized carbons (Fsp3) is 0.211. The minimum atomic E-state index is -0.612. The summed E-state index contributed by atoms with van der Waals surface area (Å²) < 4.78 is 5.92. The molecular weight excluding hydrogens is 532 g/mol. The van der Waals surface area contributed by atoms with Crippen LogP contribution in [-0.4, -0.2) is 17.8 Å². The van der Waals surface area contributed by atoms with Crippen molar-refractivity contribution < 1.29 is 14.3 Å². The zero-order valence-corrected chi connectivity index (χ0v) is 24.8. The van der Waals surface area contributed by atoms with Crippen molar-refractivity contribution >= 4 is 29.1 Å². The van der Waals surface area contributed by atoms with Crippen molar-refractivity contribution in [2.24, 2.45) is 0 Å². The molecule has 0 spiro atoms. The van der Waals surface area contributed by atoms with Crippen LogP contribution in [0.4, 0.5) is 11.4 Å². The van der Waals surface area contributed by atoms with Crippen LogP contribution < -0.4 is 15.0 Å². The maximum Gasteiger partial charge on any atom is 0.251 e. The zero-order valence-electron chi connectivity index (χ0n) is 24.8. The van der Waals surface area contributed by atoms with Gasteiger partial charge in [0.2, 0.25) is 0 Å². The highest BCUT2D eigenvalue weighted by atomic mass is 16.5. The molecule has 0 aromatic heterocycles. The van der Waals surface area contributed by atoms with Gasteiger partial charge in [0.15, 0.2) is 5.78 Å². The number of carbonyl (C=O) groups excluding carboxylic acids is 2. The molecule has 1 aliphatic carbocycles. The minimum Gasteiger partial charge on any atom is -0.491 e. The summed E-state index contributed by atoms with van der Waals surface area (Å²) >= 11 is 0. The van der Waals surface area contributed by atoms with E-state index in [2.05, 4.69) is 36.5 Å². The fourth-order valence-corrected chi connectivity index (χ4v) is 6.04. The van der Waals surface area contributed by atoms with Crippen molar-refractivity contribution in [3.63, 3.8) is 0 Å². The van der Waals surface area contributed by atoms with Crippen LogP contribution in [0, 0.1) is 6.92 Å². The molecule has 0 bridgehead atoms. The van der Waals surface area contributed by atoms with Crippen LogP contribution in [0.2, 0.25) is 0 Å². The maximum absolute atomic E-state index is 14.2. The third kappa shape index (κ3) is 6.02. The van der Waals surface area contributed by atoms with Gasteiger partial charge in [-0.15, -0.1) is 0 Å². The highest BCUT2D eigenvalue weighted by Crippen LogP contribution is 2.47. The highest BCUT2D eigenvalue weighted by molar-refractivity contribution is 6.10. The van der Waals surface area contributed by atoms with Gasteiger partial charge in [-0.2, -0.15) is 0 Å². The predicted molar refractivity (Wildman–Crippen MR) is 173 cm³/mol. The van der Waals surface area contributed by atoms with Crippen LogP contribution in [0.1, 0.15) is 60.9 Å². The normalized spacial score (nSPS) is 18.2. The average Bonchev–Trinajstić information content (AvgIpc) is 3.16. The summed E-state index contributed by atoms with van der Waals surface area (Å²) in [6.45, 7) is 6.05. The number of ketones is 1. The van der Waals surface area contributed by atoms with E-state index in [9.17, 15) is 9.59 Å². The number of fused-ring (bicyclic) bond motifs is 1. The SMILES string of the molecule is Cc1ccc([C@@H]2CC(=O)C3=C(C2)Nc2ccccc2N(C(=O)/C=C/c2ccccc2)[C@H]3c2ccc(OC(C)C)cc2)cc1. The molecule has 1 aliphatic heterocycles. The van der Waals surface area contributed by atoms with Gasteiger partial charge in [0, 0.05) is 23.8 Å². The summed E-state index contributed by atoms with van der Waals surface area (Å²) in [6.07, 6.45) is 4.52. The Balaban J connectivity index is 1.49. The Morgan fingerprint density at radius 3 is 2.26 bits per heavy atom. The number of aryl methyl sites for hydroxylation is 1. The molecule has 4 aromatic carbocycles. The van der Waals surface area contributed by atoms with Crippen molar-refractivity contribution in [2.45, 2.75) is 51.7 Å². The van der Waals surface area contributed by atoms with Crippen LogP contribution >= 0.6 is 0 Å². The molecule has 1 N–H and O–H groups in total. The van der Waals surface area contributed by atoms with Crippen molar-refractivity contribution in [1.82, 2.24) is 0 Å². The average molecular weight is 569 g/mol. The van der Waals surface area contributed by atoms with Gasteiger partial charge in [-0.25, -0.2) is 0 Å². The quantitative estimate of drug-likeness (QED) is 0.237. The van der Waals surface area contributed by atoms with Crippen molar-refractivity contribution in [1.29, 1.82) is 0 Å². The Morgan fingerprint density at radius 2 is 1.53 bits per heavy atom. The number of Topliss-reactive ketones (excluding diaryl/α,β-unsaturated/α-hetero) is 1. The lowest BCUT2D eigenvalue weighted by atomic mass is 9.78. The van der Waals surface area contributed by atoms with E-state index < -0.39 is 6.04 Å². The predicted octanol–water partition coefficient (Wildman–Crippen LogP) is 8.40. The Morgan fingerprint density at radius 1 is 0.860 bits per heavy atom. The monoisotopic (exact) mass is 568 g/mol. The van der Waals surface area contributed by atoms with Gasteiger partial charge in [-0.05, 0) is 80.1 Å². The topological polar surface area (TPSA) is 58.6 Å². The molecule has 216 valence electrons. The first kappa shape index (κ1) is 28.2. The summed E-state index contributed by atoms with van der Waals surface area (Å²) in [7, 11) is 0. The second-order valence-electron chi connectivity index (χ2n) is 11.6. The number of carbonyl (C=O) groups is 2. The first-order valence-electron chi connectivity index (χ1n) is 14.9. The third-order valence-electron chi connectivity index (χ3n) is 8.06. The highest BCUT2D eigenvalue weighted by Gasteiger charge is 2.41. The molecule has 2 atom stereocenters. The number of hydrogen-bond acceptors (Lipinski definition) is 4. The zero-order chi connectivity index (χ0) is 29.9. The summed E-state index contributed by atoms with van der Waals surface area (Å²) in [5.74, 6) is 0.642. The van der Waals surface area contributed by atoms with Crippen molar-refractivity contribution in [2.75, 3.05) is 10.2 Å². The van der Waals surface area contributed by atoms with Crippen LogP contribution in [0.25, 0.3) is 6.08 Å². The number of hydrogen-bond donors (Lipinski definition) is 1. The lowest BCUT2D eigenvalue weighted by Crippen LogP contribution is -2.37. The first-order valence-corrected chi connectivity index (χ1v) is 14.9.